The predicted octanol–water partition coefficient (Wildman–Crippen LogP) is 1.11. The lowest BCUT2D eigenvalue weighted by Gasteiger charge is -2.20. The molecule has 0 aromatic heterocycles. The molecule has 0 radical (unpaired) electrons. The lowest BCUT2D eigenvalue weighted by atomic mass is 9.94. The van der Waals surface area contributed by atoms with Crippen LogP contribution < -0.4 is 5.73 Å². The van der Waals surface area contributed by atoms with Crippen LogP contribution in [0.1, 0.15) is 32.6 Å². The molecule has 76 valence electrons. The van der Waals surface area contributed by atoms with Crippen LogP contribution in [-0.2, 0) is 9.53 Å². The Kier molecular flexibility index (Phi) is 4.39. The summed E-state index contributed by atoms with van der Waals surface area (Å²) in [5, 5.41) is 0. The van der Waals surface area contributed by atoms with Crippen LogP contribution >= 0.6 is 0 Å². The summed E-state index contributed by atoms with van der Waals surface area (Å²) in [6.07, 6.45) is 3.44. The number of rotatable bonds is 4. The Labute approximate surface area is 79.6 Å². The van der Waals surface area contributed by atoms with Crippen molar-refractivity contribution in [3.63, 3.8) is 0 Å². The zero-order chi connectivity index (χ0) is 9.68. The third kappa shape index (κ3) is 3.87. The number of nitrogens with two attached hydrogens (primary N) is 1. The van der Waals surface area contributed by atoms with Crippen LogP contribution in [0, 0.1) is 5.92 Å². The lowest BCUT2D eigenvalue weighted by Crippen LogP contribution is -2.26. The molecule has 1 saturated heterocycles. The molecule has 1 heterocycles. The highest BCUT2D eigenvalue weighted by molar-refractivity contribution is 5.81. The molecule has 3 heteroatoms. The van der Waals surface area contributed by atoms with Gasteiger partial charge in [-0.3, -0.25) is 4.79 Å². The van der Waals surface area contributed by atoms with E-state index < -0.39 is 0 Å². The first-order chi connectivity index (χ1) is 6.20. The van der Waals surface area contributed by atoms with E-state index >= 15 is 0 Å². The summed E-state index contributed by atoms with van der Waals surface area (Å²) in [6, 6.07) is 0.133. The molecule has 0 aliphatic carbocycles. The van der Waals surface area contributed by atoms with Gasteiger partial charge < -0.3 is 10.5 Å². The number of carbonyl (C=O) groups is 1. The Morgan fingerprint density at radius 1 is 1.69 bits per heavy atom. The van der Waals surface area contributed by atoms with Crippen LogP contribution in [0.5, 0.6) is 0 Å². The molecule has 0 bridgehead atoms. The maximum atomic E-state index is 11.6. The van der Waals surface area contributed by atoms with Gasteiger partial charge in [0.2, 0.25) is 0 Å². The Morgan fingerprint density at radius 3 is 3.00 bits per heavy atom. The smallest absolute Gasteiger partial charge is 0.138 e. The molecule has 0 aromatic carbocycles. The van der Waals surface area contributed by atoms with Gasteiger partial charge in [0.15, 0.2) is 0 Å². The molecular formula is C10H19NO2. The van der Waals surface area contributed by atoms with Crippen molar-refractivity contribution < 1.29 is 9.53 Å². The van der Waals surface area contributed by atoms with Gasteiger partial charge in [0.1, 0.15) is 5.78 Å². The van der Waals surface area contributed by atoms with Gasteiger partial charge in [0.25, 0.3) is 0 Å². The normalized spacial score (nSPS) is 25.5. The van der Waals surface area contributed by atoms with E-state index in [-0.39, 0.29) is 12.0 Å². The predicted molar refractivity (Wildman–Crippen MR) is 51.4 cm³/mol. The minimum Gasteiger partial charge on any atom is -0.381 e. The molecule has 1 rings (SSSR count). The second-order valence-corrected chi connectivity index (χ2v) is 3.90. The Morgan fingerprint density at radius 2 is 2.46 bits per heavy atom. The maximum Gasteiger partial charge on any atom is 0.138 e. The second-order valence-electron chi connectivity index (χ2n) is 3.90. The zero-order valence-corrected chi connectivity index (χ0v) is 8.29. The van der Waals surface area contributed by atoms with Crippen LogP contribution in [0.15, 0.2) is 0 Å². The molecule has 13 heavy (non-hydrogen) atoms. The highest BCUT2D eigenvalue weighted by Crippen LogP contribution is 2.16. The molecule has 0 amide bonds. The summed E-state index contributed by atoms with van der Waals surface area (Å²) in [4.78, 5) is 11.6. The summed E-state index contributed by atoms with van der Waals surface area (Å²) in [6.45, 7) is 3.37. The summed E-state index contributed by atoms with van der Waals surface area (Å²) >= 11 is 0. The molecule has 1 aliphatic heterocycles. The van der Waals surface area contributed by atoms with Crippen LogP contribution in [0.3, 0.4) is 0 Å². The number of ether oxygens (including phenoxy) is 1. The minimum absolute atomic E-state index is 0.133. The highest BCUT2D eigenvalue weighted by Gasteiger charge is 2.21. The first kappa shape index (κ1) is 10.7. The van der Waals surface area contributed by atoms with Crippen molar-refractivity contribution >= 4 is 5.78 Å². The largest absolute Gasteiger partial charge is 0.381 e. The number of carbonyl (C=O) groups excluding carboxylic acids is 1. The minimum atomic E-state index is 0.133. The standard InChI is InChI=1S/C10H19NO2/c1-8(11)4-5-10(12)9-3-2-6-13-7-9/h8-9H,2-7,11H2,1H3. The van der Waals surface area contributed by atoms with Crippen molar-refractivity contribution in [3.05, 3.63) is 0 Å². The van der Waals surface area contributed by atoms with Crippen molar-refractivity contribution in [1.82, 2.24) is 0 Å². The van der Waals surface area contributed by atoms with Gasteiger partial charge in [-0.05, 0) is 26.2 Å². The van der Waals surface area contributed by atoms with E-state index in [9.17, 15) is 4.79 Å². The molecule has 0 spiro atoms. The van der Waals surface area contributed by atoms with E-state index in [0.717, 1.165) is 25.9 Å². The quantitative estimate of drug-likeness (QED) is 0.713. The van der Waals surface area contributed by atoms with Gasteiger partial charge in [0, 0.05) is 25.0 Å². The Hall–Kier alpha value is -0.410. The molecule has 0 saturated carbocycles. The lowest BCUT2D eigenvalue weighted by molar-refractivity contribution is -0.126. The number of ketones is 1. The van der Waals surface area contributed by atoms with Gasteiger partial charge in [-0.1, -0.05) is 0 Å². The summed E-state index contributed by atoms with van der Waals surface area (Å²) in [7, 11) is 0. The van der Waals surface area contributed by atoms with E-state index in [2.05, 4.69) is 0 Å². The van der Waals surface area contributed by atoms with Crippen molar-refractivity contribution in [2.45, 2.75) is 38.6 Å². The van der Waals surface area contributed by atoms with E-state index in [1.807, 2.05) is 6.92 Å². The van der Waals surface area contributed by atoms with Crippen LogP contribution in [0.2, 0.25) is 0 Å². The average molecular weight is 185 g/mol. The molecule has 3 nitrogen and oxygen atoms in total. The first-order valence-electron chi connectivity index (χ1n) is 5.06. The molecule has 2 N–H and O–H groups in total. The van der Waals surface area contributed by atoms with Crippen LogP contribution in [0.4, 0.5) is 0 Å². The first-order valence-corrected chi connectivity index (χ1v) is 5.06. The molecule has 1 aliphatic rings. The van der Waals surface area contributed by atoms with Gasteiger partial charge in [-0.2, -0.15) is 0 Å². The van der Waals surface area contributed by atoms with Crippen LogP contribution in [0.25, 0.3) is 0 Å². The summed E-state index contributed by atoms with van der Waals surface area (Å²) in [5.41, 5.74) is 5.59. The van der Waals surface area contributed by atoms with Crippen molar-refractivity contribution in [2.24, 2.45) is 11.7 Å². The second kappa shape index (κ2) is 5.35. The molecular weight excluding hydrogens is 166 g/mol. The van der Waals surface area contributed by atoms with Gasteiger partial charge >= 0.3 is 0 Å². The number of hydrogen-bond donors (Lipinski definition) is 1. The fraction of sp³-hybridized carbons (Fsp3) is 0.900. The van der Waals surface area contributed by atoms with E-state index in [0.29, 0.717) is 18.8 Å². The van der Waals surface area contributed by atoms with E-state index in [4.69, 9.17) is 10.5 Å². The van der Waals surface area contributed by atoms with Gasteiger partial charge in [-0.25, -0.2) is 0 Å². The summed E-state index contributed by atoms with van der Waals surface area (Å²) in [5.74, 6) is 0.476. The number of hydrogen-bond acceptors (Lipinski definition) is 3. The Bertz CT molecular complexity index is 162. The van der Waals surface area contributed by atoms with Crippen LogP contribution in [-0.4, -0.2) is 25.0 Å². The number of Topliss-reactive ketones (excluding diaryl/α,β-unsaturated/α-hetero) is 1. The SMILES string of the molecule is CC(N)CCC(=O)C1CCCOC1. The van der Waals surface area contributed by atoms with Gasteiger partial charge in [0.05, 0.1) is 6.61 Å². The zero-order valence-electron chi connectivity index (χ0n) is 8.29. The topological polar surface area (TPSA) is 52.3 Å². The molecule has 2 atom stereocenters. The van der Waals surface area contributed by atoms with Crippen molar-refractivity contribution in [1.29, 1.82) is 0 Å². The van der Waals surface area contributed by atoms with Gasteiger partial charge in [-0.15, -0.1) is 0 Å². The Balaban J connectivity index is 2.21. The van der Waals surface area contributed by atoms with E-state index in [1.165, 1.54) is 0 Å². The highest BCUT2D eigenvalue weighted by atomic mass is 16.5. The monoisotopic (exact) mass is 185 g/mol. The fourth-order valence-corrected chi connectivity index (χ4v) is 1.57. The van der Waals surface area contributed by atoms with Crippen molar-refractivity contribution in [2.75, 3.05) is 13.2 Å². The van der Waals surface area contributed by atoms with Crippen molar-refractivity contribution in [3.8, 4) is 0 Å². The maximum absolute atomic E-state index is 11.6. The summed E-state index contributed by atoms with van der Waals surface area (Å²) < 4.78 is 5.26. The third-order valence-corrected chi connectivity index (χ3v) is 2.46. The molecule has 0 aromatic rings. The molecule has 1 fully saturated rings. The molecule has 2 unspecified atom stereocenters. The average Bonchev–Trinajstić information content (AvgIpc) is 2.15. The fourth-order valence-electron chi connectivity index (χ4n) is 1.57. The third-order valence-electron chi connectivity index (χ3n) is 2.46. The van der Waals surface area contributed by atoms with E-state index in [1.54, 1.807) is 0 Å².